The van der Waals surface area contributed by atoms with Crippen LogP contribution in [0.25, 0.3) is 16.5 Å². The molecule has 0 aliphatic carbocycles. The Morgan fingerprint density at radius 3 is 2.71 bits per heavy atom. The Balaban J connectivity index is 1.44. The fourth-order valence-corrected chi connectivity index (χ4v) is 5.08. The molecule has 2 N–H and O–H groups in total. The van der Waals surface area contributed by atoms with Crippen molar-refractivity contribution in [1.82, 2.24) is 9.88 Å². The number of nitrogens with one attached hydrogen (secondary N) is 2. The Kier molecular flexibility index (Phi) is 8.95. The van der Waals surface area contributed by atoms with Crippen LogP contribution in [0.2, 0.25) is 0 Å². The van der Waals surface area contributed by atoms with Crippen molar-refractivity contribution in [2.75, 3.05) is 25.0 Å². The van der Waals surface area contributed by atoms with Gasteiger partial charge in [0.1, 0.15) is 4.99 Å². The third-order valence-corrected chi connectivity index (χ3v) is 7.25. The maximum atomic E-state index is 5.76. The molecule has 0 saturated heterocycles. The van der Waals surface area contributed by atoms with E-state index in [1.54, 1.807) is 0 Å². The number of nitrogens with zero attached hydrogens (tertiary/aromatic N) is 1. The SMILES string of the molecule is CCCCCCN1CC=C(c2c[nH]c3ccc(NC(=S)c4cccc(CCCC)c4)cc23)CC1. The van der Waals surface area contributed by atoms with Gasteiger partial charge in [0, 0.05) is 47.0 Å². The van der Waals surface area contributed by atoms with Crippen LogP contribution in [0.3, 0.4) is 0 Å². The average Bonchev–Trinajstić information content (AvgIpc) is 3.29. The first kappa shape index (κ1) is 24.7. The van der Waals surface area contributed by atoms with Gasteiger partial charge in [-0.25, -0.2) is 0 Å². The van der Waals surface area contributed by atoms with E-state index < -0.39 is 0 Å². The Morgan fingerprint density at radius 2 is 1.91 bits per heavy atom. The summed E-state index contributed by atoms with van der Waals surface area (Å²) in [4.78, 5) is 6.84. The summed E-state index contributed by atoms with van der Waals surface area (Å²) in [6.45, 7) is 7.95. The van der Waals surface area contributed by atoms with Crippen molar-refractivity contribution >= 4 is 39.4 Å². The molecule has 0 saturated carbocycles. The minimum absolute atomic E-state index is 0.783. The molecule has 0 spiro atoms. The molecular weight excluding hydrogens is 434 g/mol. The fraction of sp³-hybridized carbons (Fsp3) is 0.433. The highest BCUT2D eigenvalue weighted by Gasteiger charge is 2.16. The molecule has 1 aromatic heterocycles. The third kappa shape index (κ3) is 6.37. The van der Waals surface area contributed by atoms with E-state index in [-0.39, 0.29) is 0 Å². The molecule has 2 aromatic carbocycles. The second-order valence-electron chi connectivity index (χ2n) is 9.56. The molecule has 1 aliphatic heterocycles. The lowest BCUT2D eigenvalue weighted by Crippen LogP contribution is -2.29. The lowest BCUT2D eigenvalue weighted by atomic mass is 9.98. The van der Waals surface area contributed by atoms with Gasteiger partial charge in [0.05, 0.1) is 0 Å². The number of benzene rings is 2. The Hall–Kier alpha value is -2.43. The van der Waals surface area contributed by atoms with Crippen LogP contribution in [-0.2, 0) is 6.42 Å². The molecule has 0 atom stereocenters. The van der Waals surface area contributed by atoms with Crippen molar-refractivity contribution < 1.29 is 0 Å². The number of hydrogen-bond acceptors (Lipinski definition) is 2. The number of fused-ring (bicyclic) bond motifs is 1. The zero-order chi connectivity index (χ0) is 23.8. The summed E-state index contributed by atoms with van der Waals surface area (Å²) in [5.41, 5.74) is 7.46. The monoisotopic (exact) mass is 473 g/mol. The first-order valence-electron chi connectivity index (χ1n) is 13.1. The first-order valence-corrected chi connectivity index (χ1v) is 13.5. The Bertz CT molecular complexity index is 1130. The van der Waals surface area contributed by atoms with Crippen LogP contribution in [0, 0.1) is 0 Å². The molecular formula is C30H39N3S. The number of aryl methyl sites for hydroxylation is 1. The van der Waals surface area contributed by atoms with E-state index in [2.05, 4.69) is 83.8 Å². The maximum Gasteiger partial charge on any atom is 0.110 e. The summed E-state index contributed by atoms with van der Waals surface area (Å²) in [5.74, 6) is 0. The van der Waals surface area contributed by atoms with Crippen molar-refractivity contribution in [3.8, 4) is 0 Å². The second kappa shape index (κ2) is 12.3. The van der Waals surface area contributed by atoms with E-state index in [1.807, 2.05) is 0 Å². The van der Waals surface area contributed by atoms with Crippen LogP contribution in [0.1, 0.15) is 75.5 Å². The predicted octanol–water partition coefficient (Wildman–Crippen LogP) is 7.97. The van der Waals surface area contributed by atoms with Crippen molar-refractivity contribution in [3.05, 3.63) is 71.4 Å². The normalized spacial score (nSPS) is 14.4. The summed E-state index contributed by atoms with van der Waals surface area (Å²) in [6.07, 6.45) is 14.6. The standard InChI is InChI=1S/C30H39N3S/c1-3-5-7-8-17-33-18-15-24(16-19-33)28-22-31-29-14-13-26(21-27(28)29)32-30(34)25-12-9-11-23(20-25)10-6-4-2/h9,11-15,20-22,31H,3-8,10,16-19H2,1-2H3,(H,32,34). The van der Waals surface area contributed by atoms with E-state index in [4.69, 9.17) is 12.2 Å². The van der Waals surface area contributed by atoms with E-state index in [0.717, 1.165) is 42.2 Å². The first-order chi connectivity index (χ1) is 16.7. The smallest absolute Gasteiger partial charge is 0.110 e. The summed E-state index contributed by atoms with van der Waals surface area (Å²) < 4.78 is 0. The topological polar surface area (TPSA) is 31.1 Å². The number of hydrogen-bond donors (Lipinski definition) is 2. The number of anilines is 1. The summed E-state index contributed by atoms with van der Waals surface area (Å²) >= 11 is 5.76. The van der Waals surface area contributed by atoms with Gasteiger partial charge in [-0.05, 0) is 67.6 Å². The molecule has 0 radical (unpaired) electrons. The average molecular weight is 474 g/mol. The number of rotatable bonds is 11. The molecule has 180 valence electrons. The van der Waals surface area contributed by atoms with Crippen LogP contribution in [0.15, 0.2) is 54.7 Å². The molecule has 3 nitrogen and oxygen atoms in total. The highest BCUT2D eigenvalue weighted by Crippen LogP contribution is 2.31. The van der Waals surface area contributed by atoms with Crippen LogP contribution >= 0.6 is 12.2 Å². The highest BCUT2D eigenvalue weighted by atomic mass is 32.1. The molecule has 34 heavy (non-hydrogen) atoms. The molecule has 0 bridgehead atoms. The number of aromatic nitrogens is 1. The van der Waals surface area contributed by atoms with E-state index in [0.29, 0.717) is 0 Å². The predicted molar refractivity (Wildman–Crippen MR) is 152 cm³/mol. The number of aromatic amines is 1. The third-order valence-electron chi connectivity index (χ3n) is 6.91. The summed E-state index contributed by atoms with van der Waals surface area (Å²) in [5, 5.41) is 4.75. The molecule has 3 aromatic rings. The van der Waals surface area contributed by atoms with Gasteiger partial charge in [-0.15, -0.1) is 0 Å². The van der Waals surface area contributed by atoms with E-state index in [1.165, 1.54) is 72.7 Å². The van der Waals surface area contributed by atoms with Crippen molar-refractivity contribution in [2.24, 2.45) is 0 Å². The molecule has 0 unspecified atom stereocenters. The van der Waals surface area contributed by atoms with E-state index >= 15 is 0 Å². The zero-order valence-electron chi connectivity index (χ0n) is 20.8. The quantitative estimate of drug-likeness (QED) is 0.219. The van der Waals surface area contributed by atoms with Crippen LogP contribution in [-0.4, -0.2) is 34.5 Å². The number of H-pyrrole nitrogens is 1. The largest absolute Gasteiger partial charge is 0.361 e. The van der Waals surface area contributed by atoms with Gasteiger partial charge >= 0.3 is 0 Å². The lowest BCUT2D eigenvalue weighted by Gasteiger charge is -2.26. The van der Waals surface area contributed by atoms with Crippen LogP contribution in [0.5, 0.6) is 0 Å². The molecule has 4 rings (SSSR count). The molecule has 1 aliphatic rings. The summed E-state index contributed by atoms with van der Waals surface area (Å²) in [7, 11) is 0. The lowest BCUT2D eigenvalue weighted by molar-refractivity contribution is 0.294. The molecule has 4 heteroatoms. The van der Waals surface area contributed by atoms with Crippen molar-refractivity contribution in [2.45, 2.75) is 65.2 Å². The minimum atomic E-state index is 0.783. The van der Waals surface area contributed by atoms with Gasteiger partial charge in [-0.1, -0.05) is 76.0 Å². The van der Waals surface area contributed by atoms with Gasteiger partial charge in [0.25, 0.3) is 0 Å². The zero-order valence-corrected chi connectivity index (χ0v) is 21.6. The molecule has 0 fully saturated rings. The molecule has 0 amide bonds. The maximum absolute atomic E-state index is 5.76. The number of thiocarbonyl (C=S) groups is 1. The highest BCUT2D eigenvalue weighted by molar-refractivity contribution is 7.81. The van der Waals surface area contributed by atoms with Gasteiger partial charge in [0.2, 0.25) is 0 Å². The van der Waals surface area contributed by atoms with Gasteiger partial charge in [-0.2, -0.15) is 0 Å². The van der Waals surface area contributed by atoms with Crippen LogP contribution in [0.4, 0.5) is 5.69 Å². The summed E-state index contributed by atoms with van der Waals surface area (Å²) in [6, 6.07) is 15.2. The fourth-order valence-electron chi connectivity index (χ4n) is 4.84. The Labute approximate surface area is 210 Å². The molecule has 2 heterocycles. The minimum Gasteiger partial charge on any atom is -0.361 e. The van der Waals surface area contributed by atoms with Crippen molar-refractivity contribution in [3.63, 3.8) is 0 Å². The van der Waals surface area contributed by atoms with Gasteiger partial charge in [-0.3, -0.25) is 4.90 Å². The number of unbranched alkanes of at least 4 members (excludes halogenated alkanes) is 4. The van der Waals surface area contributed by atoms with Gasteiger partial charge in [0.15, 0.2) is 0 Å². The Morgan fingerprint density at radius 1 is 1.03 bits per heavy atom. The second-order valence-corrected chi connectivity index (χ2v) is 9.97. The van der Waals surface area contributed by atoms with Crippen molar-refractivity contribution in [1.29, 1.82) is 0 Å². The van der Waals surface area contributed by atoms with Crippen LogP contribution < -0.4 is 5.32 Å². The van der Waals surface area contributed by atoms with E-state index in [9.17, 15) is 0 Å². The van der Waals surface area contributed by atoms with Gasteiger partial charge < -0.3 is 10.3 Å².